The number of allylic oxidation sites excluding steroid dienone is 5. The minimum atomic E-state index is -0.0918. The van der Waals surface area contributed by atoms with E-state index in [-0.39, 0.29) is 11.5 Å². The van der Waals surface area contributed by atoms with Gasteiger partial charge in [0.1, 0.15) is 13.1 Å². The molecule has 1 N–H and O–H groups in total. The molecule has 214 valence electrons. The lowest BCUT2D eigenvalue weighted by atomic mass is 9.64. The molecule has 1 heterocycles. The Kier molecular flexibility index (Phi) is 11.8. The first-order chi connectivity index (χ1) is 19.5. The molecule has 3 heteroatoms. The second-order valence-electron chi connectivity index (χ2n) is 10.9. The Morgan fingerprint density at radius 3 is 2.38 bits per heavy atom. The standard InChI is InChI=1S/C33H40N2O.C2H6.C2H4/c1-5-6-18-34-26-14-16-28-30(21-26)33(3,4)31-22-27(35-19-10-11-20-35)15-17-29(31)32(28)24(2)36-23-25-12-8-7-9-13-25;2*1-2/h7-9,12-17,21-22,24H,5-6,10-11,18-20,23H2,1-4H3;1-2H3;1-2H2/p+1. The average Bonchev–Trinajstić information content (AvgIpc) is 3.54. The predicted octanol–water partition coefficient (Wildman–Crippen LogP) is 9.12. The van der Waals surface area contributed by atoms with Crippen molar-refractivity contribution < 1.29 is 9.31 Å². The summed E-state index contributed by atoms with van der Waals surface area (Å²) in [6.07, 6.45) is 12.1. The van der Waals surface area contributed by atoms with Crippen LogP contribution in [0.2, 0.25) is 0 Å². The second kappa shape index (κ2) is 15.0. The molecule has 3 aliphatic rings. The van der Waals surface area contributed by atoms with E-state index < -0.39 is 0 Å². The third kappa shape index (κ3) is 6.93. The monoisotopic (exact) mass is 539 g/mol. The maximum Gasteiger partial charge on any atom is 0.200 e. The molecule has 0 aromatic heterocycles. The first-order valence-electron chi connectivity index (χ1n) is 15.3. The van der Waals surface area contributed by atoms with Crippen LogP contribution in [0.15, 0.2) is 91.1 Å². The van der Waals surface area contributed by atoms with Gasteiger partial charge in [-0.15, -0.1) is 13.2 Å². The molecule has 0 radical (unpaired) electrons. The summed E-state index contributed by atoms with van der Waals surface area (Å²) in [6.45, 7) is 23.2. The van der Waals surface area contributed by atoms with Crippen LogP contribution in [0.5, 0.6) is 0 Å². The number of nitrogens with one attached hydrogen (secondary N) is 1. The molecule has 2 aromatic carbocycles. The smallest absolute Gasteiger partial charge is 0.200 e. The van der Waals surface area contributed by atoms with Crippen LogP contribution in [0.3, 0.4) is 0 Å². The third-order valence-corrected chi connectivity index (χ3v) is 8.03. The van der Waals surface area contributed by atoms with Crippen molar-refractivity contribution in [1.82, 2.24) is 0 Å². The topological polar surface area (TPSA) is 24.3 Å². The van der Waals surface area contributed by atoms with Gasteiger partial charge in [0.05, 0.1) is 12.7 Å². The van der Waals surface area contributed by atoms with E-state index in [1.165, 1.54) is 70.5 Å². The van der Waals surface area contributed by atoms with Gasteiger partial charge in [-0.3, -0.25) is 0 Å². The van der Waals surface area contributed by atoms with Gasteiger partial charge in [0, 0.05) is 42.6 Å². The summed E-state index contributed by atoms with van der Waals surface area (Å²) in [5.74, 6) is 0. The number of hydrogen-bond donors (Lipinski definition) is 1. The molecule has 40 heavy (non-hydrogen) atoms. The first kappa shape index (κ1) is 31.4. The maximum atomic E-state index is 6.53. The van der Waals surface area contributed by atoms with Crippen LogP contribution in [-0.4, -0.2) is 36.0 Å². The molecule has 0 saturated carbocycles. The lowest BCUT2D eigenvalue weighted by molar-refractivity contribution is -0.504. The number of anilines is 1. The summed E-state index contributed by atoms with van der Waals surface area (Å²) < 4.78 is 9.07. The number of rotatable bonds is 8. The quantitative estimate of drug-likeness (QED) is 0.205. The zero-order chi connectivity index (χ0) is 29.1. The van der Waals surface area contributed by atoms with Crippen molar-refractivity contribution in [2.75, 3.05) is 25.0 Å². The van der Waals surface area contributed by atoms with Gasteiger partial charge in [0.2, 0.25) is 0 Å². The maximum absolute atomic E-state index is 6.53. The molecular weight excluding hydrogens is 488 g/mol. The normalized spacial score (nSPS) is 17.5. The average molecular weight is 540 g/mol. The highest BCUT2D eigenvalue weighted by molar-refractivity contribution is 6.06. The molecule has 2 aliphatic carbocycles. The number of unbranched alkanes of at least 4 members (excludes halogenated alkanes) is 1. The van der Waals surface area contributed by atoms with E-state index in [4.69, 9.17) is 4.74 Å². The van der Waals surface area contributed by atoms with Crippen molar-refractivity contribution in [1.29, 1.82) is 0 Å². The molecule has 1 saturated heterocycles. The molecular formula is C37H51N2O+. The van der Waals surface area contributed by atoms with Crippen LogP contribution in [0.1, 0.15) is 83.9 Å². The van der Waals surface area contributed by atoms with Crippen LogP contribution >= 0.6 is 0 Å². The number of fused-ring (bicyclic) bond motifs is 2. The fourth-order valence-electron chi connectivity index (χ4n) is 5.88. The van der Waals surface area contributed by atoms with E-state index in [2.05, 4.69) is 118 Å². The van der Waals surface area contributed by atoms with Crippen molar-refractivity contribution in [3.05, 3.63) is 108 Å². The molecule has 3 nitrogen and oxygen atoms in total. The second-order valence-corrected chi connectivity index (χ2v) is 10.9. The van der Waals surface area contributed by atoms with Gasteiger partial charge in [-0.2, -0.15) is 0 Å². The van der Waals surface area contributed by atoms with E-state index in [0.29, 0.717) is 6.61 Å². The van der Waals surface area contributed by atoms with Crippen molar-refractivity contribution in [2.45, 2.75) is 85.4 Å². The molecule has 1 unspecified atom stereocenters. The van der Waals surface area contributed by atoms with E-state index in [9.17, 15) is 0 Å². The highest BCUT2D eigenvalue weighted by Gasteiger charge is 2.40. The van der Waals surface area contributed by atoms with Crippen LogP contribution in [0.25, 0.3) is 5.57 Å². The summed E-state index contributed by atoms with van der Waals surface area (Å²) in [5.41, 5.74) is 10.5. The molecule has 1 aliphatic heterocycles. The predicted molar refractivity (Wildman–Crippen MR) is 175 cm³/mol. The molecule has 1 atom stereocenters. The first-order valence-corrected chi connectivity index (χ1v) is 15.3. The molecule has 1 fully saturated rings. The van der Waals surface area contributed by atoms with Gasteiger partial charge in [-0.05, 0) is 65.0 Å². The van der Waals surface area contributed by atoms with Gasteiger partial charge in [0.15, 0.2) is 5.71 Å². The molecule has 0 spiro atoms. The fourth-order valence-corrected chi connectivity index (χ4v) is 5.88. The molecule has 2 aromatic rings. The number of nitrogens with zero attached hydrogens (tertiary/aromatic N) is 1. The Bertz CT molecular complexity index is 1240. The van der Waals surface area contributed by atoms with E-state index in [1.807, 2.05) is 13.8 Å². The number of ether oxygens (including phenoxy) is 1. The highest BCUT2D eigenvalue weighted by Crippen LogP contribution is 2.49. The molecule has 0 bridgehead atoms. The van der Waals surface area contributed by atoms with Crippen LogP contribution in [0.4, 0.5) is 5.69 Å². The van der Waals surface area contributed by atoms with Gasteiger partial charge in [-0.25, -0.2) is 4.58 Å². The van der Waals surface area contributed by atoms with Gasteiger partial charge >= 0.3 is 0 Å². The van der Waals surface area contributed by atoms with Gasteiger partial charge in [-0.1, -0.05) is 77.4 Å². The minimum absolute atomic E-state index is 0.0182. The van der Waals surface area contributed by atoms with Crippen molar-refractivity contribution in [3.63, 3.8) is 0 Å². The van der Waals surface area contributed by atoms with Gasteiger partial charge < -0.3 is 10.1 Å². The summed E-state index contributed by atoms with van der Waals surface area (Å²) >= 11 is 0. The third-order valence-electron chi connectivity index (χ3n) is 8.03. The van der Waals surface area contributed by atoms with E-state index in [0.717, 1.165) is 19.6 Å². The molecule has 0 amide bonds. The molecule has 5 rings (SSSR count). The van der Waals surface area contributed by atoms with Gasteiger partial charge in [0.25, 0.3) is 0 Å². The Morgan fingerprint density at radius 1 is 1.00 bits per heavy atom. The lowest BCUT2D eigenvalue weighted by Gasteiger charge is -2.40. The van der Waals surface area contributed by atoms with Crippen molar-refractivity contribution in [3.8, 4) is 0 Å². The highest BCUT2D eigenvalue weighted by atomic mass is 16.5. The summed E-state index contributed by atoms with van der Waals surface area (Å²) in [7, 11) is 0. The Hall–Kier alpha value is -3.17. The summed E-state index contributed by atoms with van der Waals surface area (Å²) in [5, 5.41) is 3.66. The van der Waals surface area contributed by atoms with Crippen LogP contribution < -0.4 is 5.32 Å². The van der Waals surface area contributed by atoms with E-state index >= 15 is 0 Å². The summed E-state index contributed by atoms with van der Waals surface area (Å²) in [4.78, 5) is 0. The van der Waals surface area contributed by atoms with Crippen LogP contribution in [0, 0.1) is 0 Å². The Labute approximate surface area is 244 Å². The SMILES string of the molecule is C=C.CC.CCCCNc1ccc2c(c1)C(C)(C)C1=CC(=[N+]3CCCC3)C=CC1=C2C(C)OCc1ccccc1. The zero-order valence-electron chi connectivity index (χ0n) is 25.9. The van der Waals surface area contributed by atoms with Crippen molar-refractivity contribution >= 4 is 17.0 Å². The fraction of sp³-hybridized carbons (Fsp3) is 0.432. The zero-order valence-corrected chi connectivity index (χ0v) is 25.9. The number of benzene rings is 2. The Morgan fingerprint density at radius 2 is 1.70 bits per heavy atom. The summed E-state index contributed by atoms with van der Waals surface area (Å²) in [6, 6.07) is 17.5. The van der Waals surface area contributed by atoms with Crippen molar-refractivity contribution in [2.24, 2.45) is 0 Å². The Balaban J connectivity index is 0.00000106. The van der Waals surface area contributed by atoms with Crippen LogP contribution in [-0.2, 0) is 16.8 Å². The van der Waals surface area contributed by atoms with E-state index in [1.54, 1.807) is 0 Å². The minimum Gasteiger partial charge on any atom is -0.385 e. The lowest BCUT2D eigenvalue weighted by Crippen LogP contribution is -2.32. The largest absolute Gasteiger partial charge is 0.385 e. The number of hydrogen-bond acceptors (Lipinski definition) is 2.